The van der Waals surface area contributed by atoms with Crippen molar-refractivity contribution < 1.29 is 37.3 Å². The Hall–Kier alpha value is -3.80. The molecule has 1 fully saturated rings. The zero-order chi connectivity index (χ0) is 29.0. The SMILES string of the molecule is COc1cc2nc(C)nc(NC(C)c3cc(N)cc(C(F)(F)F)c3)c2cc1OCC1(C(C)OC)CC1.O=CO. The van der Waals surface area contributed by atoms with Crippen molar-refractivity contribution >= 4 is 28.9 Å². The maximum atomic E-state index is 13.3. The molecule has 1 aliphatic carbocycles. The highest BCUT2D eigenvalue weighted by Crippen LogP contribution is 2.50. The normalized spacial score (nSPS) is 15.5. The zero-order valence-electron chi connectivity index (χ0n) is 22.4. The van der Waals surface area contributed by atoms with Crippen LogP contribution in [0.1, 0.15) is 49.7 Å². The number of nitrogens with zero attached hydrogens (tertiary/aromatic N) is 2. The second-order valence-corrected chi connectivity index (χ2v) is 9.53. The molecule has 0 aliphatic heterocycles. The first kappa shape index (κ1) is 29.8. The zero-order valence-corrected chi connectivity index (χ0v) is 22.4. The van der Waals surface area contributed by atoms with Gasteiger partial charge in [-0.2, -0.15) is 13.2 Å². The fourth-order valence-electron chi connectivity index (χ4n) is 4.31. The van der Waals surface area contributed by atoms with Gasteiger partial charge in [0.2, 0.25) is 0 Å². The number of nitrogens with one attached hydrogen (secondary N) is 1. The molecule has 3 aromatic rings. The number of aryl methyl sites for hydroxylation is 1. The molecule has 1 aromatic heterocycles. The number of hydrogen-bond donors (Lipinski definition) is 3. The predicted octanol–water partition coefficient (Wildman–Crippen LogP) is 5.62. The minimum absolute atomic E-state index is 0.0302. The summed E-state index contributed by atoms with van der Waals surface area (Å²) in [5, 5.41) is 10.8. The molecular formula is C27H33F3N4O5. The smallest absolute Gasteiger partial charge is 0.416 e. The minimum atomic E-state index is -4.50. The van der Waals surface area contributed by atoms with Crippen LogP contribution < -0.4 is 20.5 Å². The number of alkyl halides is 3. The van der Waals surface area contributed by atoms with Gasteiger partial charge >= 0.3 is 6.18 Å². The number of hydrogen-bond acceptors (Lipinski definition) is 8. The highest BCUT2D eigenvalue weighted by Gasteiger charge is 2.48. The number of benzene rings is 2. The van der Waals surface area contributed by atoms with Gasteiger partial charge in [0, 0.05) is 29.7 Å². The highest BCUT2D eigenvalue weighted by atomic mass is 19.4. The molecule has 0 spiro atoms. The molecule has 2 atom stereocenters. The molecule has 0 amide bonds. The molecular weight excluding hydrogens is 517 g/mol. The van der Waals surface area contributed by atoms with Crippen molar-refractivity contribution in [1.82, 2.24) is 9.97 Å². The average molecular weight is 551 g/mol. The van der Waals surface area contributed by atoms with Gasteiger partial charge in [0.15, 0.2) is 11.5 Å². The lowest BCUT2D eigenvalue weighted by Crippen LogP contribution is -2.27. The number of nitrogen functional groups attached to an aromatic ring is 1. The first-order chi connectivity index (χ1) is 18.4. The van der Waals surface area contributed by atoms with E-state index in [1.54, 1.807) is 40.2 Å². The van der Waals surface area contributed by atoms with E-state index >= 15 is 0 Å². The van der Waals surface area contributed by atoms with Crippen LogP contribution in [-0.4, -0.2) is 48.5 Å². The van der Waals surface area contributed by atoms with Gasteiger partial charge in [-0.05, 0) is 63.4 Å². The number of aromatic nitrogens is 2. The summed E-state index contributed by atoms with van der Waals surface area (Å²) in [6, 6.07) is 6.59. The third-order valence-electron chi connectivity index (χ3n) is 6.87. The maximum Gasteiger partial charge on any atom is 0.416 e. The summed E-state index contributed by atoms with van der Waals surface area (Å²) in [4.78, 5) is 17.4. The lowest BCUT2D eigenvalue weighted by Gasteiger charge is -2.23. The van der Waals surface area contributed by atoms with E-state index in [1.165, 1.54) is 6.07 Å². The van der Waals surface area contributed by atoms with Gasteiger partial charge in [0.05, 0.1) is 36.9 Å². The van der Waals surface area contributed by atoms with Crippen LogP contribution in [0.4, 0.5) is 24.7 Å². The van der Waals surface area contributed by atoms with Crippen LogP contribution in [0, 0.1) is 12.3 Å². The summed E-state index contributed by atoms with van der Waals surface area (Å²) in [5.74, 6) is 2.04. The van der Waals surface area contributed by atoms with Crippen molar-refractivity contribution in [3.63, 3.8) is 0 Å². The van der Waals surface area contributed by atoms with Crippen molar-refractivity contribution in [3.05, 3.63) is 47.3 Å². The van der Waals surface area contributed by atoms with Gasteiger partial charge in [0.25, 0.3) is 6.47 Å². The Morgan fingerprint density at radius 3 is 2.36 bits per heavy atom. The van der Waals surface area contributed by atoms with E-state index in [0.717, 1.165) is 25.0 Å². The Kier molecular flexibility index (Phi) is 9.10. The molecule has 12 heteroatoms. The average Bonchev–Trinajstić information content (AvgIpc) is 3.67. The lowest BCUT2D eigenvalue weighted by molar-refractivity contribution is -0.137. The Morgan fingerprint density at radius 1 is 1.13 bits per heavy atom. The van der Waals surface area contributed by atoms with Gasteiger partial charge in [-0.3, -0.25) is 4.79 Å². The van der Waals surface area contributed by atoms with E-state index in [0.29, 0.717) is 46.2 Å². The summed E-state index contributed by atoms with van der Waals surface area (Å²) in [6.07, 6.45) is -2.40. The molecule has 1 heterocycles. The monoisotopic (exact) mass is 550 g/mol. The fourth-order valence-corrected chi connectivity index (χ4v) is 4.31. The largest absolute Gasteiger partial charge is 0.493 e. The topological polar surface area (TPSA) is 129 Å². The number of nitrogens with two attached hydrogens (primary N) is 1. The van der Waals surface area contributed by atoms with Crippen LogP contribution in [0.15, 0.2) is 30.3 Å². The fraction of sp³-hybridized carbons (Fsp3) is 0.444. The van der Waals surface area contributed by atoms with Crippen LogP contribution in [-0.2, 0) is 15.7 Å². The summed E-state index contributed by atoms with van der Waals surface area (Å²) < 4.78 is 57.2. The molecule has 2 aromatic carbocycles. The quantitative estimate of drug-likeness (QED) is 0.230. The molecule has 0 bridgehead atoms. The van der Waals surface area contributed by atoms with Gasteiger partial charge in [-0.15, -0.1) is 0 Å². The first-order valence-corrected chi connectivity index (χ1v) is 12.2. The molecule has 0 saturated heterocycles. The predicted molar refractivity (Wildman–Crippen MR) is 141 cm³/mol. The van der Waals surface area contributed by atoms with Crippen LogP contribution in [0.3, 0.4) is 0 Å². The molecule has 4 N–H and O–H groups in total. The van der Waals surface area contributed by atoms with Crippen LogP contribution in [0.5, 0.6) is 11.5 Å². The third kappa shape index (κ3) is 6.99. The molecule has 9 nitrogen and oxygen atoms in total. The Balaban J connectivity index is 0.00000134. The maximum absolute atomic E-state index is 13.3. The van der Waals surface area contributed by atoms with Crippen LogP contribution in [0.25, 0.3) is 10.9 Å². The van der Waals surface area contributed by atoms with Crippen molar-refractivity contribution in [2.24, 2.45) is 5.41 Å². The molecule has 2 unspecified atom stereocenters. The molecule has 0 radical (unpaired) electrons. The van der Waals surface area contributed by atoms with Crippen molar-refractivity contribution in [3.8, 4) is 11.5 Å². The van der Waals surface area contributed by atoms with E-state index in [1.807, 2.05) is 6.92 Å². The molecule has 1 aliphatic rings. The number of halogens is 3. The van der Waals surface area contributed by atoms with Crippen molar-refractivity contribution in [2.45, 2.75) is 51.9 Å². The number of carbonyl (C=O) groups is 1. The number of carboxylic acid groups (broad SMARTS) is 1. The van der Waals surface area contributed by atoms with Gasteiger partial charge < -0.3 is 30.4 Å². The van der Waals surface area contributed by atoms with Crippen molar-refractivity contribution in [2.75, 3.05) is 31.9 Å². The third-order valence-corrected chi connectivity index (χ3v) is 6.87. The van der Waals surface area contributed by atoms with Crippen LogP contribution in [0.2, 0.25) is 0 Å². The highest BCUT2D eigenvalue weighted by molar-refractivity contribution is 5.92. The van der Waals surface area contributed by atoms with Gasteiger partial charge in [0.1, 0.15) is 11.6 Å². The number of rotatable bonds is 9. The van der Waals surface area contributed by atoms with Crippen LogP contribution >= 0.6 is 0 Å². The van der Waals surface area contributed by atoms with E-state index < -0.39 is 17.8 Å². The minimum Gasteiger partial charge on any atom is -0.493 e. The lowest BCUT2D eigenvalue weighted by atomic mass is 10.0. The van der Waals surface area contributed by atoms with Gasteiger partial charge in [-0.1, -0.05) is 0 Å². The van der Waals surface area contributed by atoms with E-state index in [-0.39, 0.29) is 23.7 Å². The Labute approximate surface area is 224 Å². The van der Waals surface area contributed by atoms with E-state index in [2.05, 4.69) is 15.3 Å². The summed E-state index contributed by atoms with van der Waals surface area (Å²) >= 11 is 0. The van der Waals surface area contributed by atoms with E-state index in [9.17, 15) is 13.2 Å². The number of methoxy groups -OCH3 is 2. The number of ether oxygens (including phenoxy) is 3. The Morgan fingerprint density at radius 2 is 1.79 bits per heavy atom. The first-order valence-electron chi connectivity index (χ1n) is 12.2. The summed E-state index contributed by atoms with van der Waals surface area (Å²) in [7, 11) is 3.25. The number of fused-ring (bicyclic) bond motifs is 1. The van der Waals surface area contributed by atoms with Gasteiger partial charge in [-0.25, -0.2) is 9.97 Å². The standard InChI is InChI=1S/C26H31F3N4O3.CH2O2/c1-14(17-8-18(26(27,28)29)10-19(30)9-17)31-24-20-11-23(36-13-25(6-7-25)15(2)34-4)22(35-5)12-21(20)32-16(3)33-24;2-1-3/h8-12,14-15H,6-7,13,30H2,1-5H3,(H,31,32,33);1H,(H,2,3). The Bertz CT molecular complexity index is 1310. The molecule has 39 heavy (non-hydrogen) atoms. The molecule has 4 rings (SSSR count). The summed E-state index contributed by atoms with van der Waals surface area (Å²) in [6.45, 7) is 5.76. The molecule has 212 valence electrons. The second-order valence-electron chi connectivity index (χ2n) is 9.53. The number of anilines is 2. The van der Waals surface area contributed by atoms with E-state index in [4.69, 9.17) is 29.8 Å². The van der Waals surface area contributed by atoms with Crippen molar-refractivity contribution in [1.29, 1.82) is 0 Å². The summed E-state index contributed by atoms with van der Waals surface area (Å²) in [5.41, 5.74) is 5.99. The molecule has 1 saturated carbocycles. The second kappa shape index (κ2) is 11.9.